The van der Waals surface area contributed by atoms with Gasteiger partial charge in [0.1, 0.15) is 5.00 Å². The molecule has 1 aromatic heterocycles. The zero-order valence-corrected chi connectivity index (χ0v) is 20.0. The van der Waals surface area contributed by atoms with Crippen molar-refractivity contribution in [2.24, 2.45) is 5.73 Å². The molecule has 1 fully saturated rings. The summed E-state index contributed by atoms with van der Waals surface area (Å²) in [5.74, 6) is -0.652. The second kappa shape index (κ2) is 10.0. The summed E-state index contributed by atoms with van der Waals surface area (Å²) < 4.78 is 0. The lowest BCUT2D eigenvalue weighted by molar-refractivity contribution is -0.122. The molecule has 2 aliphatic rings. The molecule has 8 nitrogen and oxygen atoms in total. The maximum absolute atomic E-state index is 12.9. The molecule has 0 bridgehead atoms. The Kier molecular flexibility index (Phi) is 7.11. The fraction of sp³-hybridized carbons (Fsp3) is 0.458. The van der Waals surface area contributed by atoms with Crippen molar-refractivity contribution < 1.29 is 14.4 Å². The van der Waals surface area contributed by atoms with Crippen molar-refractivity contribution >= 4 is 39.7 Å². The van der Waals surface area contributed by atoms with E-state index in [2.05, 4.69) is 20.4 Å². The van der Waals surface area contributed by atoms with Crippen LogP contribution in [-0.2, 0) is 22.4 Å². The third-order valence-electron chi connectivity index (χ3n) is 6.44. The number of primary amides is 1. The van der Waals surface area contributed by atoms with E-state index in [1.54, 1.807) is 0 Å². The average molecular weight is 470 g/mol. The first kappa shape index (κ1) is 23.4. The van der Waals surface area contributed by atoms with Gasteiger partial charge in [-0.1, -0.05) is 17.7 Å². The summed E-state index contributed by atoms with van der Waals surface area (Å²) in [6, 6.07) is 7.40. The SMILES string of the molecule is Cc1ccc(NC(=O)CN2CCN([C@@H](C)C(=O)Nc3sc4c(c3C(N)=O)CCC4)CC2)cc1. The van der Waals surface area contributed by atoms with E-state index in [-0.39, 0.29) is 17.9 Å². The molecule has 4 rings (SSSR count). The third-order valence-corrected chi connectivity index (χ3v) is 7.65. The van der Waals surface area contributed by atoms with E-state index in [1.807, 2.05) is 38.1 Å². The number of nitrogens with two attached hydrogens (primary N) is 1. The zero-order valence-electron chi connectivity index (χ0n) is 19.1. The maximum Gasteiger partial charge on any atom is 0.251 e. The molecular formula is C24H31N5O3S. The van der Waals surface area contributed by atoms with Crippen LogP contribution in [0.4, 0.5) is 10.7 Å². The normalized spacial score (nSPS) is 17.4. The number of nitrogens with zero attached hydrogens (tertiary/aromatic N) is 2. The van der Waals surface area contributed by atoms with Crippen LogP contribution in [0, 0.1) is 6.92 Å². The maximum atomic E-state index is 12.9. The number of aryl methyl sites for hydroxylation is 2. The Balaban J connectivity index is 1.27. The first-order valence-corrected chi connectivity index (χ1v) is 12.2. The van der Waals surface area contributed by atoms with Crippen molar-refractivity contribution in [1.29, 1.82) is 0 Å². The van der Waals surface area contributed by atoms with Crippen molar-refractivity contribution in [2.75, 3.05) is 43.4 Å². The molecule has 1 aromatic carbocycles. The van der Waals surface area contributed by atoms with E-state index >= 15 is 0 Å². The lowest BCUT2D eigenvalue weighted by atomic mass is 10.1. The quantitative estimate of drug-likeness (QED) is 0.576. The molecule has 1 aliphatic carbocycles. The van der Waals surface area contributed by atoms with Crippen LogP contribution >= 0.6 is 11.3 Å². The van der Waals surface area contributed by atoms with E-state index in [0.717, 1.165) is 41.0 Å². The Morgan fingerprint density at radius 2 is 1.76 bits per heavy atom. The number of rotatable bonds is 7. The van der Waals surface area contributed by atoms with E-state index in [4.69, 9.17) is 5.73 Å². The molecular weight excluding hydrogens is 438 g/mol. The van der Waals surface area contributed by atoms with Gasteiger partial charge in [0, 0.05) is 36.7 Å². The number of carbonyl (C=O) groups is 3. The molecule has 176 valence electrons. The van der Waals surface area contributed by atoms with Gasteiger partial charge in [-0.3, -0.25) is 24.2 Å². The number of anilines is 2. The van der Waals surface area contributed by atoms with E-state index in [0.29, 0.717) is 43.3 Å². The van der Waals surface area contributed by atoms with Crippen LogP contribution in [0.15, 0.2) is 24.3 Å². The molecule has 0 saturated carbocycles. The largest absolute Gasteiger partial charge is 0.365 e. The topological polar surface area (TPSA) is 108 Å². The Morgan fingerprint density at radius 1 is 1.06 bits per heavy atom. The zero-order chi connectivity index (χ0) is 23.5. The number of thiophene rings is 1. The molecule has 9 heteroatoms. The Hall–Kier alpha value is -2.75. The fourth-order valence-electron chi connectivity index (χ4n) is 4.48. The van der Waals surface area contributed by atoms with Crippen LogP contribution < -0.4 is 16.4 Å². The predicted octanol–water partition coefficient (Wildman–Crippen LogP) is 2.23. The molecule has 0 spiro atoms. The summed E-state index contributed by atoms with van der Waals surface area (Å²) in [6.07, 6.45) is 2.81. The lowest BCUT2D eigenvalue weighted by Gasteiger charge is -2.37. The third kappa shape index (κ3) is 5.43. The van der Waals surface area contributed by atoms with E-state index in [9.17, 15) is 14.4 Å². The molecule has 2 aromatic rings. The van der Waals surface area contributed by atoms with Crippen LogP contribution in [-0.4, -0.2) is 66.3 Å². The molecule has 1 aliphatic heterocycles. The van der Waals surface area contributed by atoms with Crippen LogP contribution in [0.3, 0.4) is 0 Å². The van der Waals surface area contributed by atoms with E-state index < -0.39 is 5.91 Å². The second-order valence-electron chi connectivity index (χ2n) is 8.82. The van der Waals surface area contributed by atoms with Crippen molar-refractivity contribution in [1.82, 2.24) is 9.80 Å². The van der Waals surface area contributed by atoms with Gasteiger partial charge in [0.05, 0.1) is 18.2 Å². The van der Waals surface area contributed by atoms with Crippen molar-refractivity contribution in [2.45, 2.75) is 39.2 Å². The summed E-state index contributed by atoms with van der Waals surface area (Å²) in [7, 11) is 0. The van der Waals surface area contributed by atoms with Crippen molar-refractivity contribution in [3.05, 3.63) is 45.8 Å². The first-order valence-electron chi connectivity index (χ1n) is 11.4. The Labute approximate surface area is 198 Å². The minimum atomic E-state index is -0.477. The average Bonchev–Trinajstić information content (AvgIpc) is 3.36. The number of fused-ring (bicyclic) bond motifs is 1. The van der Waals surface area contributed by atoms with Gasteiger partial charge in [-0.25, -0.2) is 0 Å². The Morgan fingerprint density at radius 3 is 2.42 bits per heavy atom. The van der Waals surface area contributed by atoms with Gasteiger partial charge in [0.15, 0.2) is 0 Å². The number of hydrogen-bond donors (Lipinski definition) is 3. The highest BCUT2D eigenvalue weighted by Gasteiger charge is 2.30. The molecule has 33 heavy (non-hydrogen) atoms. The first-order chi connectivity index (χ1) is 15.8. The number of nitrogens with one attached hydrogen (secondary N) is 2. The van der Waals surface area contributed by atoms with E-state index in [1.165, 1.54) is 11.3 Å². The van der Waals surface area contributed by atoms with Crippen LogP contribution in [0.5, 0.6) is 0 Å². The Bertz CT molecular complexity index is 1040. The highest BCUT2D eigenvalue weighted by Crippen LogP contribution is 2.38. The fourth-order valence-corrected chi connectivity index (χ4v) is 5.78. The molecule has 1 saturated heterocycles. The smallest absolute Gasteiger partial charge is 0.251 e. The number of amides is 3. The summed E-state index contributed by atoms with van der Waals surface area (Å²) in [5.41, 5.74) is 9.04. The van der Waals surface area contributed by atoms with Gasteiger partial charge in [-0.05, 0) is 50.8 Å². The van der Waals surface area contributed by atoms with Gasteiger partial charge in [-0.15, -0.1) is 11.3 Å². The van der Waals surface area contributed by atoms with Gasteiger partial charge in [0.25, 0.3) is 5.91 Å². The highest BCUT2D eigenvalue weighted by atomic mass is 32.1. The number of piperazine rings is 1. The van der Waals surface area contributed by atoms with Gasteiger partial charge in [-0.2, -0.15) is 0 Å². The molecule has 0 unspecified atom stereocenters. The summed E-state index contributed by atoms with van der Waals surface area (Å²) in [6.45, 7) is 7.00. The van der Waals surface area contributed by atoms with Gasteiger partial charge < -0.3 is 16.4 Å². The van der Waals surface area contributed by atoms with Gasteiger partial charge in [0.2, 0.25) is 11.8 Å². The van der Waals surface area contributed by atoms with Crippen molar-refractivity contribution in [3.8, 4) is 0 Å². The number of hydrogen-bond acceptors (Lipinski definition) is 6. The number of benzene rings is 1. The number of carbonyl (C=O) groups excluding carboxylic acids is 3. The standard InChI is InChI=1S/C24H31N5O3S/c1-15-6-8-17(9-7-15)26-20(30)14-28-10-12-29(13-11-28)16(2)23(32)27-24-21(22(25)31)18-4-3-5-19(18)33-24/h6-9,16H,3-5,10-14H2,1-2H3,(H2,25,31)(H,26,30)(H,27,32)/t16-/m0/s1. The summed E-state index contributed by atoms with van der Waals surface area (Å²) >= 11 is 1.47. The monoisotopic (exact) mass is 469 g/mol. The molecule has 3 amide bonds. The van der Waals surface area contributed by atoms with Gasteiger partial charge >= 0.3 is 0 Å². The van der Waals surface area contributed by atoms with Crippen LogP contribution in [0.25, 0.3) is 0 Å². The lowest BCUT2D eigenvalue weighted by Crippen LogP contribution is -2.53. The predicted molar refractivity (Wildman–Crippen MR) is 131 cm³/mol. The molecule has 0 radical (unpaired) electrons. The summed E-state index contributed by atoms with van der Waals surface area (Å²) in [4.78, 5) is 42.6. The second-order valence-corrected chi connectivity index (χ2v) is 9.92. The van der Waals surface area contributed by atoms with Crippen molar-refractivity contribution in [3.63, 3.8) is 0 Å². The molecule has 4 N–H and O–H groups in total. The summed E-state index contributed by atoms with van der Waals surface area (Å²) in [5, 5.41) is 6.46. The van der Waals surface area contributed by atoms with Crippen LogP contribution in [0.1, 0.15) is 39.7 Å². The highest BCUT2D eigenvalue weighted by molar-refractivity contribution is 7.17. The molecule has 1 atom stereocenters. The van der Waals surface area contributed by atoms with Crippen LogP contribution in [0.2, 0.25) is 0 Å². The minimum absolute atomic E-state index is 0.0391. The molecule has 2 heterocycles. The minimum Gasteiger partial charge on any atom is -0.365 e.